The fraction of sp³-hybridized carbons (Fsp3) is 0.208. The predicted octanol–water partition coefficient (Wildman–Crippen LogP) is 3.65. The molecule has 1 aliphatic heterocycles. The third-order valence-corrected chi connectivity index (χ3v) is 6.87. The molecule has 35 heavy (non-hydrogen) atoms. The van der Waals surface area contributed by atoms with Gasteiger partial charge in [-0.25, -0.2) is 0 Å². The average molecular weight is 509 g/mol. The van der Waals surface area contributed by atoms with Crippen LogP contribution in [0.2, 0.25) is 5.02 Å². The van der Waals surface area contributed by atoms with Gasteiger partial charge in [-0.15, -0.1) is 10.2 Å². The maximum atomic E-state index is 13.0. The molecule has 1 saturated heterocycles. The van der Waals surface area contributed by atoms with E-state index >= 15 is 0 Å². The summed E-state index contributed by atoms with van der Waals surface area (Å²) in [6.07, 6.45) is 4.85. The van der Waals surface area contributed by atoms with Crippen LogP contribution in [0.4, 0.5) is 0 Å². The lowest BCUT2D eigenvalue weighted by Crippen LogP contribution is -2.51. The van der Waals surface area contributed by atoms with Crippen molar-refractivity contribution < 1.29 is 14.0 Å². The Kier molecular flexibility index (Phi) is 6.82. The Labute approximate surface area is 210 Å². The number of piperazine rings is 1. The van der Waals surface area contributed by atoms with Crippen LogP contribution in [0, 0.1) is 0 Å². The van der Waals surface area contributed by atoms with Crippen LogP contribution >= 0.6 is 23.4 Å². The fourth-order valence-corrected chi connectivity index (χ4v) is 4.90. The first-order valence-electron chi connectivity index (χ1n) is 11.0. The first-order valence-corrected chi connectivity index (χ1v) is 12.3. The van der Waals surface area contributed by atoms with Crippen molar-refractivity contribution in [3.8, 4) is 17.1 Å². The monoisotopic (exact) mass is 508 g/mol. The predicted molar refractivity (Wildman–Crippen MR) is 132 cm³/mol. The van der Waals surface area contributed by atoms with E-state index in [0.29, 0.717) is 47.9 Å². The Morgan fingerprint density at radius 2 is 1.69 bits per heavy atom. The van der Waals surface area contributed by atoms with Gasteiger partial charge in [0.1, 0.15) is 0 Å². The van der Waals surface area contributed by atoms with Crippen molar-refractivity contribution in [1.29, 1.82) is 0 Å². The number of benzene rings is 1. The van der Waals surface area contributed by atoms with Crippen LogP contribution in [-0.4, -0.2) is 73.3 Å². The van der Waals surface area contributed by atoms with Crippen molar-refractivity contribution in [1.82, 2.24) is 29.5 Å². The number of para-hydroxylation sites is 1. The number of rotatable bonds is 6. The van der Waals surface area contributed by atoms with E-state index < -0.39 is 0 Å². The van der Waals surface area contributed by atoms with Crippen LogP contribution < -0.4 is 0 Å². The number of amides is 2. The number of carbonyl (C=O) groups excluding carboxylic acids is 2. The quantitative estimate of drug-likeness (QED) is 0.367. The molecule has 2 amide bonds. The molecule has 11 heteroatoms. The molecule has 0 N–H and O–H groups in total. The SMILES string of the molecule is O=C(CSc1nnc(-c2ccncc2)n1-c1ccccc1Cl)N1CCN(C(=O)c2ccco2)CC1. The molecule has 0 spiro atoms. The van der Waals surface area contributed by atoms with E-state index in [1.807, 2.05) is 34.9 Å². The lowest BCUT2D eigenvalue weighted by molar-refractivity contribution is -0.129. The molecule has 0 saturated carbocycles. The van der Waals surface area contributed by atoms with Gasteiger partial charge >= 0.3 is 0 Å². The van der Waals surface area contributed by atoms with E-state index in [9.17, 15) is 9.59 Å². The van der Waals surface area contributed by atoms with E-state index in [0.717, 1.165) is 11.3 Å². The number of carbonyl (C=O) groups is 2. The van der Waals surface area contributed by atoms with Gasteiger partial charge in [0.25, 0.3) is 5.91 Å². The van der Waals surface area contributed by atoms with E-state index in [4.69, 9.17) is 16.0 Å². The smallest absolute Gasteiger partial charge is 0.289 e. The zero-order chi connectivity index (χ0) is 24.2. The second-order valence-corrected chi connectivity index (χ2v) is 9.12. The number of halogens is 1. The van der Waals surface area contributed by atoms with Crippen molar-refractivity contribution in [3.05, 3.63) is 78.0 Å². The molecule has 0 radical (unpaired) electrons. The zero-order valence-electron chi connectivity index (χ0n) is 18.6. The Bertz CT molecular complexity index is 1320. The van der Waals surface area contributed by atoms with Gasteiger partial charge < -0.3 is 14.2 Å². The van der Waals surface area contributed by atoms with Gasteiger partial charge in [0, 0.05) is 44.1 Å². The number of thioether (sulfide) groups is 1. The van der Waals surface area contributed by atoms with Gasteiger partial charge in [-0.3, -0.25) is 19.1 Å². The fourth-order valence-electron chi connectivity index (χ4n) is 3.83. The van der Waals surface area contributed by atoms with Crippen molar-refractivity contribution >= 4 is 35.2 Å². The number of nitrogens with zero attached hydrogens (tertiary/aromatic N) is 6. The summed E-state index contributed by atoms with van der Waals surface area (Å²) in [4.78, 5) is 33.0. The molecule has 0 atom stereocenters. The van der Waals surface area contributed by atoms with Crippen LogP contribution in [0.5, 0.6) is 0 Å². The number of hydrogen-bond donors (Lipinski definition) is 0. The zero-order valence-corrected chi connectivity index (χ0v) is 20.2. The molecule has 1 fully saturated rings. The minimum Gasteiger partial charge on any atom is -0.459 e. The molecule has 0 unspecified atom stereocenters. The van der Waals surface area contributed by atoms with Crippen LogP contribution in [0.15, 0.2) is 76.8 Å². The lowest BCUT2D eigenvalue weighted by Gasteiger charge is -2.34. The highest BCUT2D eigenvalue weighted by molar-refractivity contribution is 7.99. The molecule has 5 rings (SSSR count). The molecule has 178 valence electrons. The molecule has 4 aromatic rings. The van der Waals surface area contributed by atoms with Crippen LogP contribution in [0.25, 0.3) is 17.1 Å². The standard InChI is InChI=1S/C24H21ClN6O3S/c25-18-4-1-2-5-19(18)31-22(17-7-9-26-10-8-17)27-28-24(31)35-16-21(32)29-11-13-30(14-12-29)23(33)20-6-3-15-34-20/h1-10,15H,11-14,16H2. The van der Waals surface area contributed by atoms with E-state index in [1.54, 1.807) is 40.4 Å². The Balaban J connectivity index is 1.29. The summed E-state index contributed by atoms with van der Waals surface area (Å²) in [6, 6.07) is 14.5. The summed E-state index contributed by atoms with van der Waals surface area (Å²) in [5.41, 5.74) is 1.56. The number of pyridine rings is 1. The van der Waals surface area contributed by atoms with Crippen molar-refractivity contribution in [3.63, 3.8) is 0 Å². The Hall–Kier alpha value is -3.63. The molecular formula is C24H21ClN6O3S. The highest BCUT2D eigenvalue weighted by Crippen LogP contribution is 2.31. The second kappa shape index (κ2) is 10.3. The summed E-state index contributed by atoms with van der Waals surface area (Å²) in [5.74, 6) is 0.919. The van der Waals surface area contributed by atoms with Crippen molar-refractivity contribution in [2.24, 2.45) is 0 Å². The minimum absolute atomic E-state index is 0.0285. The molecule has 1 aromatic carbocycles. The average Bonchev–Trinajstić information content (AvgIpc) is 3.58. The van der Waals surface area contributed by atoms with Crippen molar-refractivity contribution in [2.45, 2.75) is 5.16 Å². The van der Waals surface area contributed by atoms with Gasteiger partial charge in [0.2, 0.25) is 5.91 Å². The number of hydrogen-bond acceptors (Lipinski definition) is 7. The normalized spacial score (nSPS) is 13.7. The third kappa shape index (κ3) is 4.94. The van der Waals surface area contributed by atoms with E-state index in [-0.39, 0.29) is 17.6 Å². The van der Waals surface area contributed by atoms with Crippen molar-refractivity contribution in [2.75, 3.05) is 31.9 Å². The summed E-state index contributed by atoms with van der Waals surface area (Å²) >= 11 is 7.80. The third-order valence-electron chi connectivity index (χ3n) is 5.64. The highest BCUT2D eigenvalue weighted by atomic mass is 35.5. The van der Waals surface area contributed by atoms with E-state index in [2.05, 4.69) is 15.2 Å². The number of furan rings is 1. The summed E-state index contributed by atoms with van der Waals surface area (Å²) in [5, 5.41) is 9.84. The first-order chi connectivity index (χ1) is 17.1. The molecule has 0 aliphatic carbocycles. The first kappa shape index (κ1) is 23.1. The van der Waals surface area contributed by atoms with Gasteiger partial charge in [-0.05, 0) is 36.4 Å². The second-order valence-electron chi connectivity index (χ2n) is 7.77. The highest BCUT2D eigenvalue weighted by Gasteiger charge is 2.27. The minimum atomic E-state index is -0.159. The molecule has 0 bridgehead atoms. The summed E-state index contributed by atoms with van der Waals surface area (Å²) in [7, 11) is 0. The molecule has 3 aromatic heterocycles. The summed E-state index contributed by atoms with van der Waals surface area (Å²) in [6.45, 7) is 1.84. The van der Waals surface area contributed by atoms with Gasteiger partial charge in [-0.1, -0.05) is 35.5 Å². The maximum Gasteiger partial charge on any atom is 0.289 e. The van der Waals surface area contributed by atoms with E-state index in [1.165, 1.54) is 18.0 Å². The molecule has 9 nitrogen and oxygen atoms in total. The number of aromatic nitrogens is 4. The Morgan fingerprint density at radius 1 is 0.943 bits per heavy atom. The topological polar surface area (TPSA) is 97.4 Å². The molecule has 1 aliphatic rings. The van der Waals surface area contributed by atoms with Gasteiger partial charge in [0.15, 0.2) is 16.7 Å². The maximum absolute atomic E-state index is 13.0. The van der Waals surface area contributed by atoms with Crippen LogP contribution in [-0.2, 0) is 4.79 Å². The summed E-state index contributed by atoms with van der Waals surface area (Å²) < 4.78 is 7.05. The molecular weight excluding hydrogens is 488 g/mol. The Morgan fingerprint density at radius 3 is 2.40 bits per heavy atom. The van der Waals surface area contributed by atoms with Crippen LogP contribution in [0.3, 0.4) is 0 Å². The largest absolute Gasteiger partial charge is 0.459 e. The van der Waals surface area contributed by atoms with Gasteiger partial charge in [0.05, 0.1) is 22.7 Å². The van der Waals surface area contributed by atoms with Crippen LogP contribution in [0.1, 0.15) is 10.6 Å². The lowest BCUT2D eigenvalue weighted by atomic mass is 10.2. The van der Waals surface area contributed by atoms with Gasteiger partial charge in [-0.2, -0.15) is 0 Å². The molecule has 4 heterocycles.